The molecule has 0 saturated heterocycles. The third kappa shape index (κ3) is 7.88. The Labute approximate surface area is 223 Å². The van der Waals surface area contributed by atoms with Crippen LogP contribution >= 0.6 is 23.4 Å². The van der Waals surface area contributed by atoms with Crippen molar-refractivity contribution in [2.75, 3.05) is 17.7 Å². The van der Waals surface area contributed by atoms with Gasteiger partial charge in [0.1, 0.15) is 16.8 Å². The Morgan fingerprint density at radius 1 is 1.19 bits per heavy atom. The van der Waals surface area contributed by atoms with E-state index < -0.39 is 23.2 Å². The third-order valence-corrected chi connectivity index (χ3v) is 6.52. The molecule has 0 aliphatic heterocycles. The summed E-state index contributed by atoms with van der Waals surface area (Å²) < 4.78 is 47.4. The van der Waals surface area contributed by atoms with Gasteiger partial charge in [-0.2, -0.15) is 18.4 Å². The van der Waals surface area contributed by atoms with Crippen LogP contribution in [0.1, 0.15) is 37.0 Å². The first-order valence-corrected chi connectivity index (χ1v) is 12.8. The zero-order valence-electron chi connectivity index (χ0n) is 20.4. The van der Waals surface area contributed by atoms with E-state index in [1.807, 2.05) is 0 Å². The molecule has 3 rings (SSSR count). The Balaban J connectivity index is 1.89. The average Bonchev–Trinajstić information content (AvgIpc) is 2.83. The number of hydrogen-bond acceptors (Lipinski definition) is 5. The molecule has 1 N–H and O–H groups in total. The molecular weight excluding hydrogens is 523 g/mol. The first-order valence-electron chi connectivity index (χ1n) is 11.4. The summed E-state index contributed by atoms with van der Waals surface area (Å²) >= 11 is 6.60. The van der Waals surface area contributed by atoms with E-state index in [0.29, 0.717) is 34.5 Å². The number of alkyl halides is 3. The fourth-order valence-electron chi connectivity index (χ4n) is 3.35. The highest BCUT2D eigenvalue weighted by Crippen LogP contribution is 2.38. The largest absolute Gasteiger partial charge is 0.493 e. The minimum atomic E-state index is -4.78. The number of hydrogen-bond donors (Lipinski definition) is 1. The number of nitrogens with one attached hydrogen (secondary N) is 1. The summed E-state index contributed by atoms with van der Waals surface area (Å²) in [5.74, 6) is 0.415. The van der Waals surface area contributed by atoms with Crippen LogP contribution in [0, 0.1) is 24.2 Å². The van der Waals surface area contributed by atoms with Gasteiger partial charge in [0.15, 0.2) is 0 Å². The van der Waals surface area contributed by atoms with E-state index in [9.17, 15) is 23.2 Å². The van der Waals surface area contributed by atoms with Crippen molar-refractivity contribution in [2.45, 2.75) is 38.4 Å². The highest BCUT2D eigenvalue weighted by atomic mass is 35.5. The van der Waals surface area contributed by atoms with Gasteiger partial charge in [0, 0.05) is 16.3 Å². The zero-order chi connectivity index (χ0) is 27.2. The molecular formula is C27H25ClF3N3O2S. The van der Waals surface area contributed by atoms with Crippen molar-refractivity contribution >= 4 is 35.0 Å². The molecule has 0 aliphatic rings. The normalized spacial score (nSPS) is 11.3. The minimum Gasteiger partial charge on any atom is -0.493 e. The van der Waals surface area contributed by atoms with Crippen LogP contribution in [0.25, 0.3) is 11.3 Å². The van der Waals surface area contributed by atoms with Crippen LogP contribution < -0.4 is 10.1 Å². The summed E-state index contributed by atoms with van der Waals surface area (Å²) in [5, 5.41) is 12.5. The van der Waals surface area contributed by atoms with Gasteiger partial charge in [-0.05, 0) is 73.4 Å². The second kappa shape index (κ2) is 12.3. The van der Waals surface area contributed by atoms with E-state index in [4.69, 9.17) is 16.3 Å². The molecule has 0 unspecified atom stereocenters. The Morgan fingerprint density at radius 3 is 2.49 bits per heavy atom. The summed E-state index contributed by atoms with van der Waals surface area (Å²) in [4.78, 5) is 16.7. The lowest BCUT2D eigenvalue weighted by Crippen LogP contribution is -2.15. The highest BCUT2D eigenvalue weighted by Gasteiger charge is 2.36. The Hall–Kier alpha value is -3.22. The lowest BCUT2D eigenvalue weighted by Gasteiger charge is -2.15. The Kier molecular flexibility index (Phi) is 9.46. The number of nitriles is 1. The second-order valence-corrected chi connectivity index (χ2v) is 10.1. The Morgan fingerprint density at radius 2 is 1.89 bits per heavy atom. The number of benzene rings is 2. The number of aryl methyl sites for hydroxylation is 1. The molecule has 10 heteroatoms. The number of carbonyl (C=O) groups excluding carboxylic acids is 1. The second-order valence-electron chi connectivity index (χ2n) is 8.70. The van der Waals surface area contributed by atoms with E-state index >= 15 is 0 Å². The van der Waals surface area contributed by atoms with Gasteiger partial charge in [0.2, 0.25) is 5.91 Å². The van der Waals surface area contributed by atoms with Gasteiger partial charge in [-0.3, -0.25) is 4.79 Å². The summed E-state index contributed by atoms with van der Waals surface area (Å²) in [5.41, 5.74) is -0.00162. The lowest BCUT2D eigenvalue weighted by atomic mass is 10.0. The maximum absolute atomic E-state index is 13.9. The number of ether oxygens (including phenoxy) is 1. The number of amides is 1. The first kappa shape index (κ1) is 28.4. The molecule has 37 heavy (non-hydrogen) atoms. The van der Waals surface area contributed by atoms with Crippen LogP contribution in [0.2, 0.25) is 5.02 Å². The molecule has 2 aromatic carbocycles. The number of halogens is 4. The van der Waals surface area contributed by atoms with E-state index in [2.05, 4.69) is 24.1 Å². The molecule has 1 heterocycles. The number of nitrogens with zero attached hydrogens (tertiary/aromatic N) is 2. The van der Waals surface area contributed by atoms with Crippen molar-refractivity contribution in [2.24, 2.45) is 5.92 Å². The third-order valence-electron chi connectivity index (χ3n) is 5.29. The van der Waals surface area contributed by atoms with Crippen molar-refractivity contribution in [1.29, 1.82) is 5.26 Å². The molecule has 1 amide bonds. The maximum Gasteiger partial charge on any atom is 0.417 e. The quantitative estimate of drug-likeness (QED) is 0.277. The summed E-state index contributed by atoms with van der Waals surface area (Å²) in [6.07, 6.45) is -3.90. The molecule has 1 aromatic heterocycles. The van der Waals surface area contributed by atoms with E-state index in [0.717, 1.165) is 29.8 Å². The van der Waals surface area contributed by atoms with Crippen LogP contribution in [-0.2, 0) is 11.0 Å². The van der Waals surface area contributed by atoms with E-state index in [1.54, 1.807) is 55.5 Å². The molecule has 194 valence electrons. The minimum absolute atomic E-state index is 0.0452. The number of carbonyl (C=O) groups is 1. The number of thioether (sulfide) groups is 1. The summed E-state index contributed by atoms with van der Waals surface area (Å²) in [6.45, 7) is 6.51. The number of anilines is 1. The Bertz CT molecular complexity index is 1310. The highest BCUT2D eigenvalue weighted by molar-refractivity contribution is 8.00. The number of pyridine rings is 1. The van der Waals surface area contributed by atoms with Crippen LogP contribution in [0.4, 0.5) is 18.9 Å². The average molecular weight is 548 g/mol. The maximum atomic E-state index is 13.9. The molecule has 0 aliphatic carbocycles. The zero-order valence-corrected chi connectivity index (χ0v) is 22.0. The van der Waals surface area contributed by atoms with Gasteiger partial charge in [-0.25, -0.2) is 4.98 Å². The van der Waals surface area contributed by atoms with Gasteiger partial charge < -0.3 is 10.1 Å². The predicted molar refractivity (Wildman–Crippen MR) is 140 cm³/mol. The van der Waals surface area contributed by atoms with Gasteiger partial charge in [-0.15, -0.1) is 0 Å². The van der Waals surface area contributed by atoms with Crippen molar-refractivity contribution in [3.8, 4) is 23.1 Å². The predicted octanol–water partition coefficient (Wildman–Crippen LogP) is 7.76. The van der Waals surface area contributed by atoms with E-state index in [-0.39, 0.29) is 16.5 Å². The summed E-state index contributed by atoms with van der Waals surface area (Å²) in [7, 11) is 0. The lowest BCUT2D eigenvalue weighted by molar-refractivity contribution is -0.138. The van der Waals surface area contributed by atoms with Crippen molar-refractivity contribution in [3.05, 3.63) is 70.2 Å². The molecule has 0 radical (unpaired) electrons. The molecule has 3 aromatic rings. The van der Waals surface area contributed by atoms with Crippen LogP contribution in [0.15, 0.2) is 53.6 Å². The first-order chi connectivity index (χ1) is 17.5. The monoisotopic (exact) mass is 547 g/mol. The van der Waals surface area contributed by atoms with Crippen molar-refractivity contribution in [1.82, 2.24) is 4.98 Å². The van der Waals surface area contributed by atoms with Gasteiger partial charge >= 0.3 is 6.18 Å². The fraction of sp³-hybridized carbons (Fsp3) is 0.296. The fourth-order valence-corrected chi connectivity index (χ4v) is 4.27. The summed E-state index contributed by atoms with van der Waals surface area (Å²) in [6, 6.07) is 13.9. The molecule has 0 fully saturated rings. The van der Waals surface area contributed by atoms with Crippen molar-refractivity contribution in [3.63, 3.8) is 0 Å². The molecule has 0 bridgehead atoms. The molecule has 0 atom stereocenters. The van der Waals surface area contributed by atoms with Crippen LogP contribution in [-0.4, -0.2) is 23.3 Å². The molecule has 0 saturated carbocycles. The van der Waals surface area contributed by atoms with Gasteiger partial charge in [-0.1, -0.05) is 37.2 Å². The SMILES string of the molecule is Cc1cc(-c2cc(C(F)(F)F)c(C#N)c(SCC(=O)Nc3ccc(Cl)cc3)n2)ccc1OCCC(C)C. The van der Waals surface area contributed by atoms with Gasteiger partial charge in [0.25, 0.3) is 0 Å². The standard InChI is InChI=1S/C27H25ClF3N3O2S/c1-16(2)10-11-36-24-9-4-18(12-17(24)3)23-13-22(27(29,30)31)21(14-32)26(34-23)37-15-25(35)33-20-7-5-19(28)6-8-20/h4-9,12-13,16H,10-11,15H2,1-3H3,(H,33,35). The molecule has 5 nitrogen and oxygen atoms in total. The smallest absolute Gasteiger partial charge is 0.417 e. The van der Waals surface area contributed by atoms with Crippen LogP contribution in [0.3, 0.4) is 0 Å². The van der Waals surface area contributed by atoms with Crippen molar-refractivity contribution < 1.29 is 22.7 Å². The number of rotatable bonds is 9. The van der Waals surface area contributed by atoms with E-state index in [1.165, 1.54) is 0 Å². The topological polar surface area (TPSA) is 75.0 Å². The molecule has 0 spiro atoms. The van der Waals surface area contributed by atoms with Gasteiger partial charge in [0.05, 0.1) is 29.2 Å². The van der Waals surface area contributed by atoms with Crippen LogP contribution in [0.5, 0.6) is 5.75 Å². The number of aromatic nitrogens is 1.